The first kappa shape index (κ1) is 18.4. The van der Waals surface area contributed by atoms with Crippen LogP contribution in [0, 0.1) is 6.92 Å². The second-order valence-electron chi connectivity index (χ2n) is 5.28. The number of nitrogens with two attached hydrogens (primary N) is 1. The van der Waals surface area contributed by atoms with E-state index in [1.165, 1.54) is 0 Å². The van der Waals surface area contributed by atoms with E-state index >= 15 is 0 Å². The van der Waals surface area contributed by atoms with E-state index in [0.717, 1.165) is 20.5 Å². The Kier molecular flexibility index (Phi) is 5.48. The summed E-state index contributed by atoms with van der Waals surface area (Å²) in [5, 5.41) is 5.37. The molecule has 0 atom stereocenters. The highest BCUT2D eigenvalue weighted by Crippen LogP contribution is 2.41. The van der Waals surface area contributed by atoms with Gasteiger partial charge in [0.1, 0.15) is 11.6 Å². The molecule has 0 fully saturated rings. The van der Waals surface area contributed by atoms with Gasteiger partial charge in [0.15, 0.2) is 0 Å². The van der Waals surface area contributed by atoms with Crippen molar-refractivity contribution in [2.75, 3.05) is 11.1 Å². The molecule has 0 bridgehead atoms. The number of thiophene rings is 1. The molecule has 8 heteroatoms. The maximum absolute atomic E-state index is 12.3. The second-order valence-corrected chi connectivity index (χ2v) is 8.77. The zero-order valence-corrected chi connectivity index (χ0v) is 17.7. The maximum atomic E-state index is 12.3. The number of hydrogen-bond acceptors (Lipinski definition) is 4. The van der Waals surface area contributed by atoms with Crippen molar-refractivity contribution in [2.24, 2.45) is 0 Å². The summed E-state index contributed by atoms with van der Waals surface area (Å²) >= 11 is 14.4. The molecule has 3 N–H and O–H groups in total. The van der Waals surface area contributed by atoms with Gasteiger partial charge in [-0.05, 0) is 80.1 Å². The lowest BCUT2D eigenvalue weighted by molar-refractivity contribution is 0.102. The van der Waals surface area contributed by atoms with Crippen LogP contribution in [0.2, 0.25) is 5.02 Å². The first-order valence-corrected chi connectivity index (χ1v) is 9.98. The minimum atomic E-state index is -0.287. The molecule has 0 aliphatic rings. The van der Waals surface area contributed by atoms with E-state index in [9.17, 15) is 4.79 Å². The number of rotatable bonds is 3. The van der Waals surface area contributed by atoms with Gasteiger partial charge in [-0.2, -0.15) is 0 Å². The third kappa shape index (κ3) is 3.89. The van der Waals surface area contributed by atoms with E-state index in [0.29, 0.717) is 26.7 Å². The summed E-state index contributed by atoms with van der Waals surface area (Å²) in [5.74, 6) is 0.423. The number of halogens is 3. The van der Waals surface area contributed by atoms with Gasteiger partial charge in [0.05, 0.1) is 8.26 Å². The molecule has 0 aliphatic carbocycles. The van der Waals surface area contributed by atoms with Crippen LogP contribution in [0.25, 0.3) is 11.1 Å². The number of nitrogens with zero attached hydrogens (tertiary/aromatic N) is 1. The van der Waals surface area contributed by atoms with E-state index in [1.807, 2.05) is 18.4 Å². The van der Waals surface area contributed by atoms with Gasteiger partial charge in [0.2, 0.25) is 0 Å². The largest absolute Gasteiger partial charge is 0.383 e. The number of nitrogens with one attached hydrogen (secondary N) is 1. The lowest BCUT2D eigenvalue weighted by atomic mass is 10.1. The molecule has 0 saturated carbocycles. The van der Waals surface area contributed by atoms with Crippen molar-refractivity contribution in [3.05, 3.63) is 60.1 Å². The molecule has 1 amide bonds. The number of aromatic nitrogens is 1. The van der Waals surface area contributed by atoms with E-state index < -0.39 is 0 Å². The van der Waals surface area contributed by atoms with Crippen LogP contribution < -0.4 is 11.1 Å². The van der Waals surface area contributed by atoms with Gasteiger partial charge < -0.3 is 11.1 Å². The zero-order chi connectivity index (χ0) is 18.1. The number of nitrogen functional groups attached to an aromatic ring is 1. The Bertz CT molecular complexity index is 938. The average molecular weight is 502 g/mol. The number of aryl methyl sites for hydroxylation is 1. The molecule has 0 radical (unpaired) electrons. The Morgan fingerprint density at radius 2 is 1.96 bits per heavy atom. The Morgan fingerprint density at radius 1 is 1.28 bits per heavy atom. The van der Waals surface area contributed by atoms with Gasteiger partial charge in [-0.3, -0.25) is 4.79 Å². The van der Waals surface area contributed by atoms with Crippen LogP contribution >= 0.6 is 54.8 Å². The number of benzene rings is 1. The third-order valence-corrected chi connectivity index (χ3v) is 6.24. The zero-order valence-electron chi connectivity index (χ0n) is 12.9. The number of carbonyl (C=O) groups excluding carboxylic acids is 1. The van der Waals surface area contributed by atoms with Crippen molar-refractivity contribution >= 4 is 72.3 Å². The molecular weight excluding hydrogens is 490 g/mol. The van der Waals surface area contributed by atoms with Crippen LogP contribution in [-0.2, 0) is 0 Å². The smallest absolute Gasteiger partial charge is 0.256 e. The standard InChI is InChI=1S/C17H12Br2ClN3OS/c1-8-7-25-14(19)13(8)11-6-12(18)16(22-15(11)21)23-17(24)9-2-4-10(20)5-3-9/h2-7H,1H3,(H3,21,22,23,24). The number of anilines is 2. The van der Waals surface area contributed by atoms with E-state index in [-0.39, 0.29) is 5.91 Å². The number of amides is 1. The van der Waals surface area contributed by atoms with Crippen LogP contribution in [-0.4, -0.2) is 10.9 Å². The summed E-state index contributed by atoms with van der Waals surface area (Å²) in [7, 11) is 0. The molecule has 0 saturated heterocycles. The normalized spacial score (nSPS) is 10.7. The molecule has 0 aliphatic heterocycles. The van der Waals surface area contributed by atoms with Gasteiger partial charge in [-0.1, -0.05) is 11.6 Å². The summed E-state index contributed by atoms with van der Waals surface area (Å²) in [6.07, 6.45) is 0. The van der Waals surface area contributed by atoms with Crippen LogP contribution in [0.15, 0.2) is 44.0 Å². The Morgan fingerprint density at radius 3 is 2.56 bits per heavy atom. The molecule has 0 unspecified atom stereocenters. The van der Waals surface area contributed by atoms with E-state index in [4.69, 9.17) is 17.3 Å². The summed E-state index contributed by atoms with van der Waals surface area (Å²) in [6.45, 7) is 2.01. The first-order chi connectivity index (χ1) is 11.9. The average Bonchev–Trinajstić information content (AvgIpc) is 2.90. The van der Waals surface area contributed by atoms with Crippen molar-refractivity contribution in [3.63, 3.8) is 0 Å². The van der Waals surface area contributed by atoms with Crippen molar-refractivity contribution in [1.82, 2.24) is 4.98 Å². The molecule has 0 spiro atoms. The molecule has 2 aromatic heterocycles. The summed E-state index contributed by atoms with van der Waals surface area (Å²) in [4.78, 5) is 16.7. The van der Waals surface area contributed by atoms with Gasteiger partial charge in [0.25, 0.3) is 5.91 Å². The minimum Gasteiger partial charge on any atom is -0.383 e. The molecule has 3 rings (SSSR count). The van der Waals surface area contributed by atoms with Gasteiger partial charge in [-0.15, -0.1) is 11.3 Å². The minimum absolute atomic E-state index is 0.287. The van der Waals surface area contributed by atoms with Crippen LogP contribution in [0.1, 0.15) is 15.9 Å². The van der Waals surface area contributed by atoms with Crippen LogP contribution in [0.4, 0.5) is 11.6 Å². The summed E-state index contributed by atoms with van der Waals surface area (Å²) < 4.78 is 1.64. The summed E-state index contributed by atoms with van der Waals surface area (Å²) in [5.41, 5.74) is 9.54. The molecule has 1 aromatic carbocycles. The fraction of sp³-hybridized carbons (Fsp3) is 0.0588. The number of pyridine rings is 1. The third-order valence-electron chi connectivity index (χ3n) is 3.54. The fourth-order valence-corrected chi connectivity index (χ4v) is 4.44. The lowest BCUT2D eigenvalue weighted by Crippen LogP contribution is -2.14. The van der Waals surface area contributed by atoms with Crippen molar-refractivity contribution in [3.8, 4) is 11.1 Å². The molecule has 128 valence electrons. The van der Waals surface area contributed by atoms with E-state index in [1.54, 1.807) is 35.6 Å². The second kappa shape index (κ2) is 7.45. The SMILES string of the molecule is Cc1csc(Br)c1-c1cc(Br)c(NC(=O)c2ccc(Cl)cc2)nc1N. The van der Waals surface area contributed by atoms with Gasteiger partial charge >= 0.3 is 0 Å². The number of hydrogen-bond donors (Lipinski definition) is 2. The van der Waals surface area contributed by atoms with Crippen LogP contribution in [0.3, 0.4) is 0 Å². The molecular formula is C17H12Br2ClN3OS. The van der Waals surface area contributed by atoms with Crippen molar-refractivity contribution in [1.29, 1.82) is 0 Å². The lowest BCUT2D eigenvalue weighted by Gasteiger charge is -2.12. The van der Waals surface area contributed by atoms with Crippen molar-refractivity contribution in [2.45, 2.75) is 6.92 Å². The van der Waals surface area contributed by atoms with Crippen molar-refractivity contribution < 1.29 is 4.79 Å². The van der Waals surface area contributed by atoms with Gasteiger partial charge in [-0.25, -0.2) is 4.98 Å². The quantitative estimate of drug-likeness (QED) is 0.454. The van der Waals surface area contributed by atoms with Gasteiger partial charge in [0, 0.05) is 21.7 Å². The van der Waals surface area contributed by atoms with Crippen LogP contribution in [0.5, 0.6) is 0 Å². The molecule has 25 heavy (non-hydrogen) atoms. The predicted octanol–water partition coefficient (Wildman–Crippen LogP) is 6.13. The molecule has 4 nitrogen and oxygen atoms in total. The van der Waals surface area contributed by atoms with E-state index in [2.05, 4.69) is 42.2 Å². The summed E-state index contributed by atoms with van der Waals surface area (Å²) in [6, 6.07) is 8.48. The molecule has 3 aromatic rings. The Labute approximate surface area is 170 Å². The highest BCUT2D eigenvalue weighted by atomic mass is 79.9. The first-order valence-electron chi connectivity index (χ1n) is 7.13. The highest BCUT2D eigenvalue weighted by Gasteiger charge is 2.17. The topological polar surface area (TPSA) is 68.0 Å². The Balaban J connectivity index is 1.93. The molecule has 2 heterocycles. The monoisotopic (exact) mass is 499 g/mol. The Hall–Kier alpha value is -1.41. The predicted molar refractivity (Wildman–Crippen MR) is 112 cm³/mol. The maximum Gasteiger partial charge on any atom is 0.256 e. The highest BCUT2D eigenvalue weighted by molar-refractivity contribution is 9.11. The fourth-order valence-electron chi connectivity index (χ4n) is 2.30. The number of carbonyl (C=O) groups is 1.